The van der Waals surface area contributed by atoms with Gasteiger partial charge in [0.25, 0.3) is 0 Å². The van der Waals surface area contributed by atoms with Gasteiger partial charge >= 0.3 is 0 Å². The molecule has 0 radical (unpaired) electrons. The van der Waals surface area contributed by atoms with E-state index >= 15 is 0 Å². The number of ether oxygens (including phenoxy) is 1. The zero-order valence-corrected chi connectivity index (χ0v) is 12.3. The molecule has 0 unspecified atom stereocenters. The van der Waals surface area contributed by atoms with Gasteiger partial charge in [-0.05, 0) is 32.3 Å². The second-order valence-corrected chi connectivity index (χ2v) is 7.01. The quantitative estimate of drug-likeness (QED) is 0.855. The third-order valence-electron chi connectivity index (χ3n) is 5.37. The molecule has 4 rings (SSSR count). The minimum atomic E-state index is -0.717. The first-order chi connectivity index (χ1) is 10.0. The average molecular weight is 287 g/mol. The van der Waals surface area contributed by atoms with Crippen LogP contribution < -0.4 is 4.74 Å². The van der Waals surface area contributed by atoms with Gasteiger partial charge in [0.05, 0.1) is 12.2 Å². The summed E-state index contributed by atoms with van der Waals surface area (Å²) < 4.78 is 5.72. The number of hydrogen-bond acceptors (Lipinski definition) is 3. The van der Waals surface area contributed by atoms with Crippen molar-refractivity contribution in [3.8, 4) is 5.75 Å². The van der Waals surface area contributed by atoms with Gasteiger partial charge in [-0.25, -0.2) is 0 Å². The Morgan fingerprint density at radius 1 is 1.38 bits per heavy atom. The maximum atomic E-state index is 12.8. The van der Waals surface area contributed by atoms with Crippen LogP contribution in [0.5, 0.6) is 5.75 Å². The maximum Gasteiger partial charge on any atom is 0.226 e. The number of β-amino-alcohol motifs (C(OH)–C–C–N with tert-alkyl or cyclic N) is 1. The summed E-state index contributed by atoms with van der Waals surface area (Å²) in [6, 6.07) is 8.10. The molecule has 1 spiro atoms. The minimum Gasteiger partial charge on any atom is -0.493 e. The molecule has 2 aliphatic heterocycles. The Morgan fingerprint density at radius 3 is 2.95 bits per heavy atom. The molecule has 0 bridgehead atoms. The Bertz CT molecular complexity index is 597. The monoisotopic (exact) mass is 287 g/mol. The molecule has 0 aromatic heterocycles. The van der Waals surface area contributed by atoms with Gasteiger partial charge in [0.1, 0.15) is 5.75 Å². The topological polar surface area (TPSA) is 49.8 Å². The Kier molecular flexibility index (Phi) is 2.65. The van der Waals surface area contributed by atoms with E-state index in [1.165, 1.54) is 5.56 Å². The highest BCUT2D eigenvalue weighted by Gasteiger charge is 2.62. The van der Waals surface area contributed by atoms with Crippen molar-refractivity contribution in [2.24, 2.45) is 5.92 Å². The number of rotatable bonds is 1. The van der Waals surface area contributed by atoms with E-state index in [0.29, 0.717) is 26.1 Å². The first-order valence-electron chi connectivity index (χ1n) is 7.75. The van der Waals surface area contributed by atoms with Gasteiger partial charge < -0.3 is 14.7 Å². The second kappa shape index (κ2) is 4.23. The number of aliphatic hydroxyl groups is 1. The lowest BCUT2D eigenvalue weighted by atomic mass is 9.87. The maximum absolute atomic E-state index is 12.8. The highest BCUT2D eigenvalue weighted by molar-refractivity contribution is 5.85. The van der Waals surface area contributed by atoms with Crippen molar-refractivity contribution < 1.29 is 14.6 Å². The van der Waals surface area contributed by atoms with E-state index in [2.05, 4.69) is 6.07 Å². The van der Waals surface area contributed by atoms with Crippen LogP contribution in [-0.2, 0) is 10.2 Å². The van der Waals surface area contributed by atoms with E-state index in [9.17, 15) is 9.90 Å². The van der Waals surface area contributed by atoms with Crippen molar-refractivity contribution in [3.05, 3.63) is 29.8 Å². The molecule has 4 nitrogen and oxygen atoms in total. The van der Waals surface area contributed by atoms with Crippen molar-refractivity contribution in [2.75, 3.05) is 19.7 Å². The molecule has 1 N–H and O–H groups in total. The van der Waals surface area contributed by atoms with Crippen molar-refractivity contribution in [2.45, 2.75) is 37.2 Å². The van der Waals surface area contributed by atoms with Crippen molar-refractivity contribution in [3.63, 3.8) is 0 Å². The summed E-state index contributed by atoms with van der Waals surface area (Å²) >= 11 is 0. The number of nitrogens with zero attached hydrogens (tertiary/aromatic N) is 1. The molecule has 2 heterocycles. The number of benzene rings is 1. The summed E-state index contributed by atoms with van der Waals surface area (Å²) in [5, 5.41) is 10.1. The van der Waals surface area contributed by atoms with Gasteiger partial charge in [-0.3, -0.25) is 4.79 Å². The minimum absolute atomic E-state index is 0.0135. The number of carbonyl (C=O) groups excluding carboxylic acids is 1. The van der Waals surface area contributed by atoms with Crippen LogP contribution >= 0.6 is 0 Å². The molecule has 2 fully saturated rings. The molecule has 112 valence electrons. The SMILES string of the molecule is C[C@]1(O)CCN(C(=O)[C@@H]2C[C@]23CCOc2ccccc23)C1. The summed E-state index contributed by atoms with van der Waals surface area (Å²) in [5.74, 6) is 1.22. The van der Waals surface area contributed by atoms with Gasteiger partial charge in [0.2, 0.25) is 5.91 Å². The van der Waals surface area contributed by atoms with Crippen LogP contribution in [0.2, 0.25) is 0 Å². The molecule has 3 aliphatic rings. The molecule has 1 aromatic carbocycles. The first-order valence-corrected chi connectivity index (χ1v) is 7.75. The predicted octanol–water partition coefficient (Wildman–Crippen LogP) is 1.71. The third kappa shape index (κ3) is 1.96. The van der Waals surface area contributed by atoms with Crippen molar-refractivity contribution >= 4 is 5.91 Å². The fraction of sp³-hybridized carbons (Fsp3) is 0.588. The largest absolute Gasteiger partial charge is 0.493 e. The molecule has 1 saturated carbocycles. The predicted molar refractivity (Wildman–Crippen MR) is 78.2 cm³/mol. The Labute approximate surface area is 124 Å². The molecule has 21 heavy (non-hydrogen) atoms. The van der Waals surface area contributed by atoms with Crippen LogP contribution in [0.15, 0.2) is 24.3 Å². The van der Waals surface area contributed by atoms with E-state index in [4.69, 9.17) is 4.74 Å². The number of hydrogen-bond donors (Lipinski definition) is 1. The summed E-state index contributed by atoms with van der Waals surface area (Å²) in [6.07, 6.45) is 2.52. The van der Waals surface area contributed by atoms with Gasteiger partial charge in [0, 0.05) is 30.0 Å². The van der Waals surface area contributed by atoms with Crippen LogP contribution in [0.25, 0.3) is 0 Å². The van der Waals surface area contributed by atoms with E-state index in [-0.39, 0.29) is 17.2 Å². The fourth-order valence-electron chi connectivity index (χ4n) is 4.04. The second-order valence-electron chi connectivity index (χ2n) is 7.01. The number of fused-ring (bicyclic) bond motifs is 2. The third-order valence-corrected chi connectivity index (χ3v) is 5.37. The van der Waals surface area contributed by atoms with Crippen molar-refractivity contribution in [1.29, 1.82) is 0 Å². The van der Waals surface area contributed by atoms with E-state index in [0.717, 1.165) is 18.6 Å². The van der Waals surface area contributed by atoms with Crippen LogP contribution in [0.4, 0.5) is 0 Å². The lowest BCUT2D eigenvalue weighted by Gasteiger charge is -2.28. The zero-order chi connectivity index (χ0) is 14.7. The molecular formula is C17H21NO3. The van der Waals surface area contributed by atoms with Crippen LogP contribution in [0.3, 0.4) is 0 Å². The van der Waals surface area contributed by atoms with Crippen molar-refractivity contribution in [1.82, 2.24) is 4.90 Å². The van der Waals surface area contributed by atoms with Gasteiger partial charge in [-0.15, -0.1) is 0 Å². The molecular weight excluding hydrogens is 266 g/mol. The normalized spacial score (nSPS) is 37.2. The fourth-order valence-corrected chi connectivity index (χ4v) is 4.04. The first kappa shape index (κ1) is 13.1. The summed E-state index contributed by atoms with van der Waals surface area (Å²) in [7, 11) is 0. The van der Waals surface area contributed by atoms with E-state index < -0.39 is 5.60 Å². The standard InChI is InChI=1S/C17H21NO3/c1-16(20)6-8-18(11-16)15(19)13-10-17(13)7-9-21-14-5-3-2-4-12(14)17/h2-5,13,20H,6-11H2,1H3/t13-,16-,17-/m0/s1. The van der Waals surface area contributed by atoms with E-state index in [1.54, 1.807) is 0 Å². The lowest BCUT2D eigenvalue weighted by molar-refractivity contribution is -0.133. The van der Waals surface area contributed by atoms with Gasteiger partial charge in [-0.1, -0.05) is 18.2 Å². The Morgan fingerprint density at radius 2 is 2.19 bits per heavy atom. The molecule has 1 aliphatic carbocycles. The number of likely N-dealkylation sites (tertiary alicyclic amines) is 1. The number of amides is 1. The highest BCUT2D eigenvalue weighted by atomic mass is 16.5. The smallest absolute Gasteiger partial charge is 0.226 e. The number of para-hydroxylation sites is 1. The van der Waals surface area contributed by atoms with Crippen LogP contribution in [0, 0.1) is 5.92 Å². The summed E-state index contributed by atoms with van der Waals surface area (Å²) in [4.78, 5) is 14.6. The molecule has 3 atom stereocenters. The van der Waals surface area contributed by atoms with E-state index in [1.807, 2.05) is 30.0 Å². The average Bonchev–Trinajstić information content (AvgIpc) is 3.06. The molecule has 4 heteroatoms. The van der Waals surface area contributed by atoms with Crippen LogP contribution in [-0.4, -0.2) is 41.2 Å². The van der Waals surface area contributed by atoms with Gasteiger partial charge in [-0.2, -0.15) is 0 Å². The molecule has 1 amide bonds. The highest BCUT2D eigenvalue weighted by Crippen LogP contribution is 2.61. The number of carbonyl (C=O) groups is 1. The Balaban J connectivity index is 1.57. The van der Waals surface area contributed by atoms with Crippen LogP contribution in [0.1, 0.15) is 31.7 Å². The zero-order valence-electron chi connectivity index (χ0n) is 12.3. The summed E-state index contributed by atoms with van der Waals surface area (Å²) in [6.45, 7) is 3.65. The summed E-state index contributed by atoms with van der Waals surface area (Å²) in [5.41, 5.74) is 0.464. The lowest BCUT2D eigenvalue weighted by Crippen LogP contribution is -2.37. The molecule has 1 aromatic rings. The molecule has 1 saturated heterocycles. The van der Waals surface area contributed by atoms with Gasteiger partial charge in [0.15, 0.2) is 0 Å². The Hall–Kier alpha value is -1.55.